The van der Waals surface area contributed by atoms with Crippen molar-refractivity contribution in [2.75, 3.05) is 6.61 Å². The lowest BCUT2D eigenvalue weighted by atomic mass is 10.0. The molecule has 0 amide bonds. The van der Waals surface area contributed by atoms with Gasteiger partial charge in [0.25, 0.3) is 0 Å². The molecular formula is C17H14FNO3S. The Labute approximate surface area is 136 Å². The highest BCUT2D eigenvalue weighted by Gasteiger charge is 2.22. The van der Waals surface area contributed by atoms with Gasteiger partial charge < -0.3 is 9.84 Å². The fourth-order valence-electron chi connectivity index (χ4n) is 2.23. The molecule has 0 radical (unpaired) electrons. The van der Waals surface area contributed by atoms with Crippen molar-refractivity contribution in [3.8, 4) is 28.8 Å². The molecule has 0 saturated heterocycles. The number of carbonyl (C=O) groups is 1. The average molecular weight is 331 g/mol. The second-order valence-electron chi connectivity index (χ2n) is 5.68. The topological polar surface area (TPSA) is 59.4 Å². The first-order valence-corrected chi connectivity index (χ1v) is 7.86. The molecular weight excluding hydrogens is 317 g/mol. The number of aldehydes is 1. The maximum atomic E-state index is 14.2. The van der Waals surface area contributed by atoms with Crippen LogP contribution in [0.3, 0.4) is 0 Å². The van der Waals surface area contributed by atoms with E-state index in [1.807, 2.05) is 0 Å². The molecule has 0 bridgehead atoms. The normalized spacial score (nSPS) is 13.0. The summed E-state index contributed by atoms with van der Waals surface area (Å²) < 4.78 is 19.8. The quantitative estimate of drug-likeness (QED) is 0.645. The van der Waals surface area contributed by atoms with Crippen LogP contribution in [0.25, 0.3) is 11.3 Å². The Morgan fingerprint density at radius 1 is 1.48 bits per heavy atom. The van der Waals surface area contributed by atoms with Gasteiger partial charge in [-0.2, -0.15) is 0 Å². The van der Waals surface area contributed by atoms with Gasteiger partial charge in [0.15, 0.2) is 11.3 Å². The molecule has 0 spiro atoms. The fourth-order valence-corrected chi connectivity index (χ4v) is 3.10. The zero-order valence-electron chi connectivity index (χ0n) is 12.6. The van der Waals surface area contributed by atoms with Gasteiger partial charge in [0.1, 0.15) is 17.2 Å². The Kier molecular flexibility index (Phi) is 3.92. The van der Waals surface area contributed by atoms with Crippen molar-refractivity contribution in [3.05, 3.63) is 33.4 Å². The molecule has 4 nitrogen and oxygen atoms in total. The molecule has 23 heavy (non-hydrogen) atoms. The van der Waals surface area contributed by atoms with E-state index in [2.05, 4.69) is 16.8 Å². The standard InChI is InChI=1S/C17H14FNO3S/c1-17(2,21)5-3-10-7-11-13(8-12(10)18)22-6-4-14-16(11)19-15(9-20)23-14/h7-9,21H,4,6H2,1-2H3. The van der Waals surface area contributed by atoms with Crippen molar-refractivity contribution >= 4 is 17.6 Å². The summed E-state index contributed by atoms with van der Waals surface area (Å²) >= 11 is 1.31. The molecule has 1 aliphatic heterocycles. The third kappa shape index (κ3) is 3.26. The van der Waals surface area contributed by atoms with Crippen molar-refractivity contribution in [3.63, 3.8) is 0 Å². The summed E-state index contributed by atoms with van der Waals surface area (Å²) in [5, 5.41) is 10.1. The van der Waals surface area contributed by atoms with Crippen LogP contribution in [0.4, 0.5) is 4.39 Å². The van der Waals surface area contributed by atoms with E-state index in [0.29, 0.717) is 41.3 Å². The molecule has 0 fully saturated rings. The lowest BCUT2D eigenvalue weighted by molar-refractivity contribution is 0.112. The van der Waals surface area contributed by atoms with Crippen LogP contribution < -0.4 is 4.74 Å². The van der Waals surface area contributed by atoms with Crippen molar-refractivity contribution in [1.82, 2.24) is 4.98 Å². The minimum absolute atomic E-state index is 0.156. The van der Waals surface area contributed by atoms with E-state index in [0.717, 1.165) is 4.88 Å². The van der Waals surface area contributed by atoms with Gasteiger partial charge in [-0.15, -0.1) is 11.3 Å². The highest BCUT2D eigenvalue weighted by atomic mass is 32.1. The highest BCUT2D eigenvalue weighted by molar-refractivity contribution is 7.13. The number of ether oxygens (including phenoxy) is 1. The maximum Gasteiger partial charge on any atom is 0.178 e. The lowest BCUT2D eigenvalue weighted by Gasteiger charge is -2.09. The third-order valence-electron chi connectivity index (χ3n) is 3.23. The number of hydrogen-bond donors (Lipinski definition) is 1. The van der Waals surface area contributed by atoms with Gasteiger partial charge in [-0.1, -0.05) is 11.8 Å². The number of aromatic nitrogens is 1. The summed E-state index contributed by atoms with van der Waals surface area (Å²) in [7, 11) is 0. The lowest BCUT2D eigenvalue weighted by Crippen LogP contribution is -2.14. The van der Waals surface area contributed by atoms with Crippen molar-refractivity contribution in [2.45, 2.75) is 25.9 Å². The zero-order valence-corrected chi connectivity index (χ0v) is 13.5. The number of fused-ring (bicyclic) bond motifs is 3. The molecule has 2 aromatic rings. The summed E-state index contributed by atoms with van der Waals surface area (Å²) in [6, 6.07) is 2.83. The number of benzene rings is 1. The summed E-state index contributed by atoms with van der Waals surface area (Å²) in [6.45, 7) is 3.45. The molecule has 3 rings (SSSR count). The summed E-state index contributed by atoms with van der Waals surface area (Å²) in [5.41, 5.74) is 0.189. The summed E-state index contributed by atoms with van der Waals surface area (Å²) in [5.74, 6) is 5.11. The molecule has 6 heteroatoms. The molecule has 1 aliphatic rings. The van der Waals surface area contributed by atoms with Crippen LogP contribution in [0, 0.1) is 17.7 Å². The van der Waals surface area contributed by atoms with E-state index in [1.54, 1.807) is 6.07 Å². The molecule has 118 valence electrons. The molecule has 1 N–H and O–H groups in total. The van der Waals surface area contributed by atoms with Crippen LogP contribution in [-0.2, 0) is 6.42 Å². The Morgan fingerprint density at radius 2 is 2.26 bits per heavy atom. The molecule has 0 atom stereocenters. The van der Waals surface area contributed by atoms with Gasteiger partial charge in [-0.05, 0) is 19.9 Å². The maximum absolute atomic E-state index is 14.2. The van der Waals surface area contributed by atoms with E-state index >= 15 is 0 Å². The first kappa shape index (κ1) is 15.7. The number of thiazole rings is 1. The predicted molar refractivity (Wildman–Crippen MR) is 85.3 cm³/mol. The third-order valence-corrected chi connectivity index (χ3v) is 4.27. The van der Waals surface area contributed by atoms with E-state index in [-0.39, 0.29) is 5.56 Å². The van der Waals surface area contributed by atoms with Crippen molar-refractivity contribution < 1.29 is 19.0 Å². The number of hydrogen-bond acceptors (Lipinski definition) is 5. The fraction of sp³-hybridized carbons (Fsp3) is 0.294. The molecule has 1 aromatic heterocycles. The molecule has 1 aromatic carbocycles. The number of rotatable bonds is 1. The second-order valence-corrected chi connectivity index (χ2v) is 6.79. The first-order valence-electron chi connectivity index (χ1n) is 7.04. The van der Waals surface area contributed by atoms with Crippen molar-refractivity contribution in [2.24, 2.45) is 0 Å². The largest absolute Gasteiger partial charge is 0.492 e. The van der Waals surface area contributed by atoms with Crippen molar-refractivity contribution in [1.29, 1.82) is 0 Å². The SMILES string of the molecule is CC(C)(O)C#Cc1cc2c(cc1F)OCCc1sc(C=O)nc1-2. The van der Waals surface area contributed by atoms with Gasteiger partial charge in [-0.25, -0.2) is 9.37 Å². The number of halogens is 1. The molecule has 0 aliphatic carbocycles. The van der Waals surface area contributed by atoms with Gasteiger partial charge >= 0.3 is 0 Å². The van der Waals surface area contributed by atoms with Crippen LogP contribution >= 0.6 is 11.3 Å². The average Bonchev–Trinajstić information content (AvgIpc) is 2.82. The number of aliphatic hydroxyl groups is 1. The van der Waals surface area contributed by atoms with E-state index in [1.165, 1.54) is 31.3 Å². The van der Waals surface area contributed by atoms with Gasteiger partial charge in [0, 0.05) is 22.9 Å². The number of nitrogens with zero attached hydrogens (tertiary/aromatic N) is 1. The zero-order chi connectivity index (χ0) is 16.6. The molecule has 0 unspecified atom stereocenters. The van der Waals surface area contributed by atoms with Crippen LogP contribution in [0.15, 0.2) is 12.1 Å². The second kappa shape index (κ2) is 5.76. The van der Waals surface area contributed by atoms with Gasteiger partial charge in [-0.3, -0.25) is 4.79 Å². The van der Waals surface area contributed by atoms with Crippen LogP contribution in [0.1, 0.15) is 34.1 Å². The minimum atomic E-state index is -1.22. The monoisotopic (exact) mass is 331 g/mol. The minimum Gasteiger partial charge on any atom is -0.492 e. The Balaban J connectivity index is 2.16. The molecule has 0 saturated carbocycles. The number of carbonyl (C=O) groups excluding carboxylic acids is 1. The molecule has 2 heterocycles. The summed E-state index contributed by atoms with van der Waals surface area (Å²) in [6.07, 6.45) is 1.32. The van der Waals surface area contributed by atoms with Crippen LogP contribution in [-0.4, -0.2) is 28.6 Å². The van der Waals surface area contributed by atoms with Gasteiger partial charge in [0.2, 0.25) is 0 Å². The van der Waals surface area contributed by atoms with Crippen LogP contribution in [0.5, 0.6) is 5.75 Å². The predicted octanol–water partition coefficient (Wildman–Crippen LogP) is 2.82. The summed E-state index contributed by atoms with van der Waals surface area (Å²) in [4.78, 5) is 16.2. The highest BCUT2D eigenvalue weighted by Crippen LogP contribution is 2.38. The Bertz CT molecular complexity index is 840. The van der Waals surface area contributed by atoms with E-state index in [4.69, 9.17) is 4.74 Å². The van der Waals surface area contributed by atoms with Crippen LogP contribution in [0.2, 0.25) is 0 Å². The smallest absolute Gasteiger partial charge is 0.178 e. The van der Waals surface area contributed by atoms with E-state index < -0.39 is 11.4 Å². The Hall–Kier alpha value is -2.23. The van der Waals surface area contributed by atoms with Gasteiger partial charge in [0.05, 0.1) is 17.9 Å². The van der Waals surface area contributed by atoms with E-state index in [9.17, 15) is 14.3 Å². The Morgan fingerprint density at radius 3 is 2.96 bits per heavy atom. The first-order chi connectivity index (χ1) is 10.9.